The number of imidazole rings is 1. The highest BCUT2D eigenvalue weighted by Crippen LogP contribution is 2.39. The zero-order valence-electron chi connectivity index (χ0n) is 12.3. The van der Waals surface area contributed by atoms with E-state index in [1.807, 2.05) is 30.0 Å². The Labute approximate surface area is 134 Å². The second kappa shape index (κ2) is 5.54. The Hall–Kier alpha value is -2.20. The van der Waals surface area contributed by atoms with E-state index in [4.69, 9.17) is 9.72 Å². The average molecular weight is 308 g/mol. The molecule has 0 saturated carbocycles. The summed E-state index contributed by atoms with van der Waals surface area (Å²) < 4.78 is 7.58. The van der Waals surface area contributed by atoms with Crippen molar-refractivity contribution in [3.63, 3.8) is 0 Å². The summed E-state index contributed by atoms with van der Waals surface area (Å²) in [5.74, 6) is 1.97. The molecule has 0 bridgehead atoms. The van der Waals surface area contributed by atoms with Gasteiger partial charge in [-0.3, -0.25) is 0 Å². The predicted molar refractivity (Wildman–Crippen MR) is 90.4 cm³/mol. The molecular formula is C18H16N2OS. The van der Waals surface area contributed by atoms with Crippen LogP contribution in [0.2, 0.25) is 0 Å². The second-order valence-electron chi connectivity index (χ2n) is 5.19. The number of methoxy groups -OCH3 is 1. The van der Waals surface area contributed by atoms with Gasteiger partial charge in [-0.05, 0) is 24.3 Å². The van der Waals surface area contributed by atoms with Gasteiger partial charge in [0.15, 0.2) is 5.16 Å². The molecule has 0 atom stereocenters. The monoisotopic (exact) mass is 308 g/mol. The van der Waals surface area contributed by atoms with Crippen LogP contribution < -0.4 is 4.74 Å². The quantitative estimate of drug-likeness (QED) is 0.720. The summed E-state index contributed by atoms with van der Waals surface area (Å²) in [5, 5.41) is 1.12. The van der Waals surface area contributed by atoms with Crippen LogP contribution in [-0.4, -0.2) is 22.4 Å². The molecule has 3 nitrogen and oxygen atoms in total. The molecule has 0 amide bonds. The number of rotatable bonds is 3. The van der Waals surface area contributed by atoms with Crippen LogP contribution in [0.3, 0.4) is 0 Å². The van der Waals surface area contributed by atoms with Crippen LogP contribution in [0.1, 0.15) is 0 Å². The van der Waals surface area contributed by atoms with E-state index in [2.05, 4.69) is 41.0 Å². The molecule has 0 fully saturated rings. The molecule has 2 heterocycles. The molecule has 3 aromatic rings. The normalized spacial score (nSPS) is 13.1. The lowest BCUT2D eigenvalue weighted by Gasteiger charge is -2.08. The summed E-state index contributed by atoms with van der Waals surface area (Å²) in [6.45, 7) is 1.02. The zero-order chi connectivity index (χ0) is 14.9. The molecule has 0 spiro atoms. The first kappa shape index (κ1) is 13.5. The van der Waals surface area contributed by atoms with Crippen molar-refractivity contribution in [3.8, 4) is 28.3 Å². The lowest BCUT2D eigenvalue weighted by molar-refractivity contribution is 0.415. The Morgan fingerprint density at radius 3 is 2.50 bits per heavy atom. The number of hydrogen-bond acceptors (Lipinski definition) is 3. The number of thioether (sulfide) groups is 1. The molecule has 2 aromatic carbocycles. The van der Waals surface area contributed by atoms with Gasteiger partial charge in [-0.15, -0.1) is 0 Å². The standard InChI is InChI=1S/C18H16N2OS/c1-21-15-9-7-13(8-10-15)16-17(14-5-3-2-4-6-14)20-11-12-22-18(20)19-16/h2-10H,11-12H2,1H3. The number of ether oxygens (including phenoxy) is 1. The molecule has 4 heteroatoms. The molecule has 1 aromatic heterocycles. The fourth-order valence-electron chi connectivity index (χ4n) is 2.82. The highest BCUT2D eigenvalue weighted by Gasteiger charge is 2.23. The van der Waals surface area contributed by atoms with Crippen molar-refractivity contribution >= 4 is 11.8 Å². The van der Waals surface area contributed by atoms with E-state index in [9.17, 15) is 0 Å². The van der Waals surface area contributed by atoms with Gasteiger partial charge in [-0.1, -0.05) is 42.1 Å². The van der Waals surface area contributed by atoms with E-state index in [-0.39, 0.29) is 0 Å². The molecule has 0 N–H and O–H groups in total. The number of benzene rings is 2. The van der Waals surface area contributed by atoms with Crippen molar-refractivity contribution in [2.45, 2.75) is 11.7 Å². The van der Waals surface area contributed by atoms with Crippen molar-refractivity contribution in [1.82, 2.24) is 9.55 Å². The highest BCUT2D eigenvalue weighted by atomic mass is 32.2. The largest absolute Gasteiger partial charge is 0.497 e. The molecule has 110 valence electrons. The summed E-state index contributed by atoms with van der Waals surface area (Å²) in [6.07, 6.45) is 0. The fourth-order valence-corrected chi connectivity index (χ4v) is 3.77. The highest BCUT2D eigenvalue weighted by molar-refractivity contribution is 7.99. The molecule has 0 aliphatic carbocycles. The maximum atomic E-state index is 5.25. The molecule has 1 aliphatic rings. The minimum absolute atomic E-state index is 0.867. The number of fused-ring (bicyclic) bond motifs is 1. The lowest BCUT2D eigenvalue weighted by atomic mass is 10.0. The average Bonchev–Trinajstić information content (AvgIpc) is 3.16. The summed E-state index contributed by atoms with van der Waals surface area (Å²) in [6, 6.07) is 18.6. The molecule has 22 heavy (non-hydrogen) atoms. The third kappa shape index (κ3) is 2.20. The number of nitrogens with zero attached hydrogens (tertiary/aromatic N) is 2. The molecule has 0 saturated heterocycles. The first-order chi connectivity index (χ1) is 10.9. The second-order valence-corrected chi connectivity index (χ2v) is 6.25. The molecular weight excluding hydrogens is 292 g/mol. The Bertz CT molecular complexity index is 794. The minimum atomic E-state index is 0.867. The van der Waals surface area contributed by atoms with Gasteiger partial charge in [-0.2, -0.15) is 0 Å². The van der Waals surface area contributed by atoms with Gasteiger partial charge in [0.25, 0.3) is 0 Å². The van der Waals surface area contributed by atoms with Crippen molar-refractivity contribution in [2.24, 2.45) is 0 Å². The summed E-state index contributed by atoms with van der Waals surface area (Å²) in [5.41, 5.74) is 4.61. The van der Waals surface area contributed by atoms with E-state index in [1.165, 1.54) is 11.3 Å². The van der Waals surface area contributed by atoms with E-state index >= 15 is 0 Å². The number of hydrogen-bond donors (Lipinski definition) is 0. The smallest absolute Gasteiger partial charge is 0.169 e. The van der Waals surface area contributed by atoms with Gasteiger partial charge in [0.2, 0.25) is 0 Å². The van der Waals surface area contributed by atoms with Gasteiger partial charge in [-0.25, -0.2) is 4.98 Å². The summed E-state index contributed by atoms with van der Waals surface area (Å²) in [7, 11) is 1.69. The van der Waals surface area contributed by atoms with Crippen molar-refractivity contribution in [2.75, 3.05) is 12.9 Å². The molecule has 1 aliphatic heterocycles. The minimum Gasteiger partial charge on any atom is -0.497 e. The molecule has 0 radical (unpaired) electrons. The van der Waals surface area contributed by atoms with Gasteiger partial charge >= 0.3 is 0 Å². The zero-order valence-corrected chi connectivity index (χ0v) is 13.1. The van der Waals surface area contributed by atoms with Gasteiger partial charge in [0.05, 0.1) is 18.5 Å². The van der Waals surface area contributed by atoms with E-state index in [0.717, 1.165) is 34.5 Å². The topological polar surface area (TPSA) is 27.1 Å². The van der Waals surface area contributed by atoms with E-state index in [0.29, 0.717) is 0 Å². The maximum Gasteiger partial charge on any atom is 0.169 e. The Balaban J connectivity index is 1.89. The Morgan fingerprint density at radius 2 is 1.77 bits per heavy atom. The van der Waals surface area contributed by atoms with Crippen molar-refractivity contribution in [1.29, 1.82) is 0 Å². The van der Waals surface area contributed by atoms with Crippen LogP contribution in [0.4, 0.5) is 0 Å². The third-order valence-electron chi connectivity index (χ3n) is 3.89. The van der Waals surface area contributed by atoms with Gasteiger partial charge in [0, 0.05) is 23.4 Å². The van der Waals surface area contributed by atoms with Crippen LogP contribution in [-0.2, 0) is 6.54 Å². The lowest BCUT2D eigenvalue weighted by Crippen LogP contribution is -1.97. The first-order valence-corrected chi connectivity index (χ1v) is 8.28. The van der Waals surface area contributed by atoms with Crippen molar-refractivity contribution < 1.29 is 4.74 Å². The van der Waals surface area contributed by atoms with Crippen LogP contribution in [0.25, 0.3) is 22.5 Å². The van der Waals surface area contributed by atoms with Crippen LogP contribution >= 0.6 is 11.8 Å². The molecule has 0 unspecified atom stereocenters. The predicted octanol–water partition coefficient (Wildman–Crippen LogP) is 4.33. The van der Waals surface area contributed by atoms with Crippen LogP contribution in [0, 0.1) is 0 Å². The van der Waals surface area contributed by atoms with Gasteiger partial charge in [0.1, 0.15) is 5.75 Å². The van der Waals surface area contributed by atoms with Gasteiger partial charge < -0.3 is 9.30 Å². The Kier molecular flexibility index (Phi) is 3.39. The van der Waals surface area contributed by atoms with E-state index in [1.54, 1.807) is 7.11 Å². The SMILES string of the molecule is COc1ccc(-c2nc3n(c2-c2ccccc2)CCS3)cc1. The van der Waals surface area contributed by atoms with Crippen molar-refractivity contribution in [3.05, 3.63) is 54.6 Å². The Morgan fingerprint density at radius 1 is 1.00 bits per heavy atom. The molecule has 4 rings (SSSR count). The first-order valence-electron chi connectivity index (χ1n) is 7.30. The van der Waals surface area contributed by atoms with Crippen LogP contribution in [0.5, 0.6) is 5.75 Å². The van der Waals surface area contributed by atoms with Crippen LogP contribution in [0.15, 0.2) is 59.8 Å². The maximum absolute atomic E-state index is 5.25. The fraction of sp³-hybridized carbons (Fsp3) is 0.167. The summed E-state index contributed by atoms with van der Waals surface area (Å²) >= 11 is 1.83. The van der Waals surface area contributed by atoms with E-state index < -0.39 is 0 Å². The summed E-state index contributed by atoms with van der Waals surface area (Å²) in [4.78, 5) is 4.88. The number of aromatic nitrogens is 2. The third-order valence-corrected chi connectivity index (χ3v) is 4.85.